The maximum absolute atomic E-state index is 13.9. The highest BCUT2D eigenvalue weighted by Gasteiger charge is 2.32. The van der Waals surface area contributed by atoms with Gasteiger partial charge in [-0.25, -0.2) is 8.42 Å². The van der Waals surface area contributed by atoms with Crippen LogP contribution in [-0.4, -0.2) is 44.3 Å². The molecule has 38 heavy (non-hydrogen) atoms. The predicted octanol–water partition coefficient (Wildman–Crippen LogP) is 4.69. The van der Waals surface area contributed by atoms with E-state index in [9.17, 15) is 18.0 Å². The lowest BCUT2D eigenvalue weighted by Gasteiger charge is -2.32. The molecule has 0 bridgehead atoms. The Bertz CT molecular complexity index is 1360. The van der Waals surface area contributed by atoms with Crippen LogP contribution in [0.5, 0.6) is 0 Å². The number of carbonyl (C=O) groups excluding carboxylic acids is 2. The molecule has 0 fully saturated rings. The van der Waals surface area contributed by atoms with Crippen molar-refractivity contribution in [1.82, 2.24) is 10.2 Å². The van der Waals surface area contributed by atoms with Gasteiger partial charge in [0, 0.05) is 13.1 Å². The van der Waals surface area contributed by atoms with Crippen LogP contribution in [0.4, 0.5) is 5.69 Å². The number of carbonyl (C=O) groups is 2. The van der Waals surface area contributed by atoms with Crippen molar-refractivity contribution < 1.29 is 18.0 Å². The molecule has 0 spiro atoms. The van der Waals surface area contributed by atoms with Crippen molar-refractivity contribution in [2.75, 3.05) is 17.4 Å². The number of hydrogen-bond donors (Lipinski definition) is 1. The van der Waals surface area contributed by atoms with E-state index in [1.54, 1.807) is 43.3 Å². The highest BCUT2D eigenvalue weighted by molar-refractivity contribution is 7.92. The van der Waals surface area contributed by atoms with Gasteiger partial charge in [0.25, 0.3) is 10.0 Å². The maximum atomic E-state index is 13.9. The summed E-state index contributed by atoms with van der Waals surface area (Å²) >= 11 is 0. The van der Waals surface area contributed by atoms with Gasteiger partial charge in [-0.05, 0) is 62.1 Å². The first-order valence-corrected chi connectivity index (χ1v) is 14.2. The van der Waals surface area contributed by atoms with Gasteiger partial charge in [0.05, 0.1) is 10.6 Å². The quantitative estimate of drug-likeness (QED) is 0.386. The summed E-state index contributed by atoms with van der Waals surface area (Å²) in [6.07, 6.45) is 0. The van der Waals surface area contributed by atoms with Gasteiger partial charge in [-0.3, -0.25) is 13.9 Å². The van der Waals surface area contributed by atoms with E-state index >= 15 is 0 Å². The fourth-order valence-corrected chi connectivity index (χ4v) is 5.50. The molecule has 1 atom stereocenters. The number of hydrogen-bond acceptors (Lipinski definition) is 4. The van der Waals surface area contributed by atoms with Crippen LogP contribution < -0.4 is 9.62 Å². The number of sulfonamides is 1. The van der Waals surface area contributed by atoms with Crippen molar-refractivity contribution >= 4 is 27.5 Å². The second kappa shape index (κ2) is 12.7. The summed E-state index contributed by atoms with van der Waals surface area (Å²) in [5.41, 5.74) is 3.13. The molecule has 3 aromatic rings. The summed E-state index contributed by atoms with van der Waals surface area (Å²) in [6.45, 7) is 9.69. The number of aryl methyl sites for hydroxylation is 2. The molecule has 0 heterocycles. The summed E-state index contributed by atoms with van der Waals surface area (Å²) in [4.78, 5) is 28.5. The summed E-state index contributed by atoms with van der Waals surface area (Å²) < 4.78 is 28.6. The number of anilines is 1. The number of nitrogens with zero attached hydrogens (tertiary/aromatic N) is 2. The molecule has 0 radical (unpaired) electrons. The molecule has 0 saturated heterocycles. The molecule has 0 aliphatic heterocycles. The molecular formula is C30H37N3O4S. The Morgan fingerprint density at radius 1 is 0.842 bits per heavy atom. The molecular weight excluding hydrogens is 498 g/mol. The van der Waals surface area contributed by atoms with Crippen LogP contribution in [0.3, 0.4) is 0 Å². The van der Waals surface area contributed by atoms with Crippen molar-refractivity contribution in [3.63, 3.8) is 0 Å². The third kappa shape index (κ3) is 7.44. The maximum Gasteiger partial charge on any atom is 0.264 e. The minimum atomic E-state index is -4.06. The lowest BCUT2D eigenvalue weighted by atomic mass is 10.1. The summed E-state index contributed by atoms with van der Waals surface area (Å²) in [7, 11) is -4.06. The van der Waals surface area contributed by atoms with Crippen LogP contribution in [0, 0.1) is 19.8 Å². The van der Waals surface area contributed by atoms with Crippen LogP contribution in [0.2, 0.25) is 0 Å². The standard InChI is InChI=1S/C30H37N3O4S/c1-22(2)19-31-30(35)25(5)32(20-26-13-9-11-23(3)17-26)29(34)21-33(27-14-10-12-24(4)18-27)38(36,37)28-15-7-6-8-16-28/h6-18,22,25H,19-21H2,1-5H3,(H,31,35). The third-order valence-electron chi connectivity index (χ3n) is 6.19. The molecule has 0 aliphatic rings. The van der Waals surface area contributed by atoms with Crippen molar-refractivity contribution in [2.24, 2.45) is 5.92 Å². The van der Waals surface area contributed by atoms with Crippen LogP contribution in [0.15, 0.2) is 83.8 Å². The number of rotatable bonds is 11. The van der Waals surface area contributed by atoms with Gasteiger partial charge in [-0.15, -0.1) is 0 Å². The Morgan fingerprint density at radius 3 is 2.08 bits per heavy atom. The SMILES string of the molecule is Cc1cccc(CN(C(=O)CN(c2cccc(C)c2)S(=O)(=O)c2ccccc2)C(C)C(=O)NCC(C)C)c1. The minimum absolute atomic E-state index is 0.0854. The second-order valence-corrected chi connectivity index (χ2v) is 11.9. The Hall–Kier alpha value is -3.65. The molecule has 1 unspecified atom stereocenters. The van der Waals surface area contributed by atoms with Crippen molar-refractivity contribution in [1.29, 1.82) is 0 Å². The lowest BCUT2D eigenvalue weighted by molar-refractivity contribution is -0.139. The molecule has 7 nitrogen and oxygen atoms in total. The van der Waals surface area contributed by atoms with E-state index in [4.69, 9.17) is 0 Å². The van der Waals surface area contributed by atoms with Gasteiger partial charge in [0.15, 0.2) is 0 Å². The number of nitrogens with one attached hydrogen (secondary N) is 1. The summed E-state index contributed by atoms with van der Waals surface area (Å²) in [6, 6.07) is 22.0. The topological polar surface area (TPSA) is 86.8 Å². The first-order chi connectivity index (χ1) is 18.0. The monoisotopic (exact) mass is 535 g/mol. The Labute approximate surface area is 226 Å². The van der Waals surface area contributed by atoms with E-state index in [1.807, 2.05) is 58.0 Å². The Balaban J connectivity index is 2.00. The van der Waals surface area contributed by atoms with Crippen molar-refractivity contribution in [3.05, 3.63) is 95.6 Å². The van der Waals surface area contributed by atoms with Crippen LogP contribution in [0.1, 0.15) is 37.5 Å². The molecule has 3 rings (SSSR count). The van der Waals surface area contributed by atoms with E-state index in [0.717, 1.165) is 21.0 Å². The van der Waals surface area contributed by atoms with Gasteiger partial charge in [-0.2, -0.15) is 0 Å². The van der Waals surface area contributed by atoms with Crippen LogP contribution >= 0.6 is 0 Å². The molecule has 2 amide bonds. The zero-order chi connectivity index (χ0) is 27.9. The zero-order valence-electron chi connectivity index (χ0n) is 22.7. The van der Waals surface area contributed by atoms with Gasteiger partial charge >= 0.3 is 0 Å². The first-order valence-electron chi connectivity index (χ1n) is 12.8. The molecule has 1 N–H and O–H groups in total. The highest BCUT2D eigenvalue weighted by atomic mass is 32.2. The number of amides is 2. The van der Waals surface area contributed by atoms with Crippen molar-refractivity contribution in [2.45, 2.75) is 52.1 Å². The smallest absolute Gasteiger partial charge is 0.264 e. The normalized spacial score (nSPS) is 12.2. The summed E-state index contributed by atoms with van der Waals surface area (Å²) in [5.74, 6) is -0.507. The number of benzene rings is 3. The van der Waals surface area contributed by atoms with Crippen LogP contribution in [0.25, 0.3) is 0 Å². The van der Waals surface area contributed by atoms with E-state index in [0.29, 0.717) is 12.2 Å². The van der Waals surface area contributed by atoms with Crippen LogP contribution in [-0.2, 0) is 26.2 Å². The molecule has 202 valence electrons. The summed E-state index contributed by atoms with van der Waals surface area (Å²) in [5, 5.41) is 2.90. The molecule has 3 aromatic carbocycles. The van der Waals surface area contributed by atoms with Gasteiger partial charge in [0.1, 0.15) is 12.6 Å². The third-order valence-corrected chi connectivity index (χ3v) is 7.98. The minimum Gasteiger partial charge on any atom is -0.354 e. The lowest BCUT2D eigenvalue weighted by Crippen LogP contribution is -2.51. The fraction of sp³-hybridized carbons (Fsp3) is 0.333. The average Bonchev–Trinajstić information content (AvgIpc) is 2.88. The van der Waals surface area contributed by atoms with E-state index in [1.165, 1.54) is 17.0 Å². The first kappa shape index (κ1) is 28.9. The Morgan fingerprint density at radius 2 is 1.47 bits per heavy atom. The van der Waals surface area contributed by atoms with E-state index < -0.39 is 28.5 Å². The molecule has 0 saturated carbocycles. The highest BCUT2D eigenvalue weighted by Crippen LogP contribution is 2.25. The van der Waals surface area contributed by atoms with Gasteiger partial charge < -0.3 is 10.2 Å². The zero-order valence-corrected chi connectivity index (χ0v) is 23.5. The predicted molar refractivity (Wildman–Crippen MR) is 151 cm³/mol. The van der Waals surface area contributed by atoms with E-state index in [-0.39, 0.29) is 23.3 Å². The Kier molecular flexibility index (Phi) is 9.69. The van der Waals surface area contributed by atoms with Gasteiger partial charge in [0.2, 0.25) is 11.8 Å². The average molecular weight is 536 g/mol. The molecule has 8 heteroatoms. The second-order valence-electron chi connectivity index (χ2n) is 9.99. The molecule has 0 aromatic heterocycles. The van der Waals surface area contributed by atoms with Gasteiger partial charge in [-0.1, -0.05) is 74.0 Å². The molecule has 0 aliphatic carbocycles. The van der Waals surface area contributed by atoms with E-state index in [2.05, 4.69) is 5.32 Å². The largest absolute Gasteiger partial charge is 0.354 e. The fourth-order valence-electron chi connectivity index (χ4n) is 4.07. The van der Waals surface area contributed by atoms with Crippen molar-refractivity contribution in [3.8, 4) is 0 Å².